The maximum Gasteiger partial charge on any atom is 0.262 e. The molecule has 22 heavy (non-hydrogen) atoms. The van der Waals surface area contributed by atoms with E-state index in [1.54, 1.807) is 49.6 Å². The van der Waals surface area contributed by atoms with Crippen molar-refractivity contribution in [2.75, 3.05) is 7.05 Å². The molecule has 4 nitrogen and oxygen atoms in total. The summed E-state index contributed by atoms with van der Waals surface area (Å²) in [5.74, 6) is -0.558. The van der Waals surface area contributed by atoms with Gasteiger partial charge in [0.15, 0.2) is 0 Å². The van der Waals surface area contributed by atoms with Gasteiger partial charge in [-0.3, -0.25) is 14.2 Å². The Morgan fingerprint density at radius 2 is 1.82 bits per heavy atom. The SMILES string of the molecule is CNC(=O)c1ccc2c(=O)n(-c3ccc(F)cc3)ccc2c1. The number of rotatable bonds is 2. The van der Waals surface area contributed by atoms with E-state index in [2.05, 4.69) is 5.32 Å². The molecular formula is C17H13FN2O2. The van der Waals surface area contributed by atoms with Crippen LogP contribution in [-0.2, 0) is 0 Å². The van der Waals surface area contributed by atoms with Crippen molar-refractivity contribution in [1.82, 2.24) is 9.88 Å². The number of nitrogens with one attached hydrogen (secondary N) is 1. The summed E-state index contributed by atoms with van der Waals surface area (Å²) in [6, 6.07) is 12.4. The third kappa shape index (κ3) is 2.37. The normalized spacial score (nSPS) is 10.6. The van der Waals surface area contributed by atoms with E-state index < -0.39 is 0 Å². The van der Waals surface area contributed by atoms with Crippen LogP contribution in [0.5, 0.6) is 0 Å². The number of hydrogen-bond donors (Lipinski definition) is 1. The monoisotopic (exact) mass is 296 g/mol. The second-order valence-corrected chi connectivity index (χ2v) is 4.85. The Bertz CT molecular complexity index is 914. The zero-order chi connectivity index (χ0) is 15.7. The van der Waals surface area contributed by atoms with Crippen LogP contribution in [0, 0.1) is 5.82 Å². The zero-order valence-electron chi connectivity index (χ0n) is 11.8. The minimum Gasteiger partial charge on any atom is -0.355 e. The number of hydrogen-bond acceptors (Lipinski definition) is 2. The highest BCUT2D eigenvalue weighted by Gasteiger charge is 2.08. The van der Waals surface area contributed by atoms with Crippen LogP contribution in [0.2, 0.25) is 0 Å². The molecule has 1 amide bonds. The molecule has 0 saturated heterocycles. The molecule has 1 aromatic heterocycles. The Morgan fingerprint density at radius 3 is 2.50 bits per heavy atom. The van der Waals surface area contributed by atoms with Crippen LogP contribution < -0.4 is 10.9 Å². The van der Waals surface area contributed by atoms with Gasteiger partial charge in [-0.15, -0.1) is 0 Å². The van der Waals surface area contributed by atoms with Gasteiger partial charge in [-0.05, 0) is 53.9 Å². The predicted molar refractivity (Wildman–Crippen MR) is 82.9 cm³/mol. The highest BCUT2D eigenvalue weighted by molar-refractivity contribution is 5.98. The van der Waals surface area contributed by atoms with Gasteiger partial charge in [0.25, 0.3) is 11.5 Å². The molecule has 0 saturated carbocycles. The van der Waals surface area contributed by atoms with Gasteiger partial charge in [0.1, 0.15) is 5.82 Å². The van der Waals surface area contributed by atoms with E-state index in [0.29, 0.717) is 22.0 Å². The first-order valence-electron chi connectivity index (χ1n) is 6.73. The van der Waals surface area contributed by atoms with E-state index in [1.807, 2.05) is 0 Å². The Hall–Kier alpha value is -2.95. The lowest BCUT2D eigenvalue weighted by atomic mass is 10.1. The van der Waals surface area contributed by atoms with Crippen molar-refractivity contribution >= 4 is 16.7 Å². The van der Waals surface area contributed by atoms with Crippen LogP contribution in [-0.4, -0.2) is 17.5 Å². The van der Waals surface area contributed by atoms with E-state index in [-0.39, 0.29) is 17.3 Å². The van der Waals surface area contributed by atoms with E-state index in [0.717, 1.165) is 0 Å². The number of amides is 1. The molecule has 0 atom stereocenters. The van der Waals surface area contributed by atoms with Crippen LogP contribution in [0.1, 0.15) is 10.4 Å². The number of pyridine rings is 1. The highest BCUT2D eigenvalue weighted by Crippen LogP contribution is 2.15. The molecule has 0 bridgehead atoms. The molecule has 3 aromatic rings. The van der Waals surface area contributed by atoms with Crippen LogP contribution in [0.3, 0.4) is 0 Å². The lowest BCUT2D eigenvalue weighted by Gasteiger charge is -2.08. The smallest absolute Gasteiger partial charge is 0.262 e. The van der Waals surface area contributed by atoms with Gasteiger partial charge in [0.2, 0.25) is 0 Å². The number of carbonyl (C=O) groups is 1. The second-order valence-electron chi connectivity index (χ2n) is 4.85. The van der Waals surface area contributed by atoms with Gasteiger partial charge < -0.3 is 5.32 Å². The molecule has 1 N–H and O–H groups in total. The van der Waals surface area contributed by atoms with Crippen molar-refractivity contribution in [2.45, 2.75) is 0 Å². The summed E-state index contributed by atoms with van der Waals surface area (Å²) in [5.41, 5.74) is 0.866. The van der Waals surface area contributed by atoms with Crippen LogP contribution in [0.15, 0.2) is 59.5 Å². The molecule has 0 aliphatic rings. The first-order chi connectivity index (χ1) is 10.6. The molecule has 5 heteroatoms. The summed E-state index contributed by atoms with van der Waals surface area (Å²) in [6.45, 7) is 0. The number of carbonyl (C=O) groups excluding carboxylic acids is 1. The van der Waals surface area contributed by atoms with Gasteiger partial charge in [0.05, 0.1) is 0 Å². The lowest BCUT2D eigenvalue weighted by molar-refractivity contribution is 0.0963. The summed E-state index contributed by atoms with van der Waals surface area (Å²) in [5, 5.41) is 3.73. The maximum atomic E-state index is 13.0. The minimum atomic E-state index is -0.354. The quantitative estimate of drug-likeness (QED) is 0.790. The molecule has 0 unspecified atom stereocenters. The Balaban J connectivity index is 2.16. The van der Waals surface area contributed by atoms with Crippen molar-refractivity contribution in [3.63, 3.8) is 0 Å². The van der Waals surface area contributed by atoms with Crippen LogP contribution in [0.25, 0.3) is 16.5 Å². The third-order valence-corrected chi connectivity index (χ3v) is 3.50. The number of aromatic nitrogens is 1. The molecule has 0 radical (unpaired) electrons. The average molecular weight is 296 g/mol. The molecule has 0 spiro atoms. The van der Waals surface area contributed by atoms with Gasteiger partial charge in [-0.2, -0.15) is 0 Å². The molecule has 0 aliphatic carbocycles. The summed E-state index contributed by atoms with van der Waals surface area (Å²) in [6.07, 6.45) is 1.62. The lowest BCUT2D eigenvalue weighted by Crippen LogP contribution is -2.19. The summed E-state index contributed by atoms with van der Waals surface area (Å²) in [7, 11) is 1.55. The maximum absolute atomic E-state index is 13.0. The van der Waals surface area contributed by atoms with Gasteiger partial charge in [0, 0.05) is 29.9 Å². The number of benzene rings is 2. The molecule has 0 aliphatic heterocycles. The van der Waals surface area contributed by atoms with E-state index in [1.165, 1.54) is 16.7 Å². The Morgan fingerprint density at radius 1 is 1.09 bits per heavy atom. The van der Waals surface area contributed by atoms with Crippen LogP contribution in [0.4, 0.5) is 4.39 Å². The number of nitrogens with zero attached hydrogens (tertiary/aromatic N) is 1. The summed E-state index contributed by atoms with van der Waals surface area (Å²) < 4.78 is 14.4. The average Bonchev–Trinajstić information content (AvgIpc) is 2.55. The zero-order valence-corrected chi connectivity index (χ0v) is 11.8. The fourth-order valence-electron chi connectivity index (χ4n) is 2.34. The highest BCUT2D eigenvalue weighted by atomic mass is 19.1. The summed E-state index contributed by atoms with van der Waals surface area (Å²) >= 11 is 0. The van der Waals surface area contributed by atoms with Gasteiger partial charge in [-0.25, -0.2) is 4.39 Å². The van der Waals surface area contributed by atoms with Gasteiger partial charge >= 0.3 is 0 Å². The third-order valence-electron chi connectivity index (χ3n) is 3.50. The topological polar surface area (TPSA) is 51.1 Å². The van der Waals surface area contributed by atoms with Crippen molar-refractivity contribution in [3.05, 3.63) is 76.5 Å². The van der Waals surface area contributed by atoms with Crippen molar-refractivity contribution in [2.24, 2.45) is 0 Å². The minimum absolute atomic E-state index is 0.204. The first-order valence-corrected chi connectivity index (χ1v) is 6.73. The first kappa shape index (κ1) is 14.0. The molecule has 2 aromatic carbocycles. The molecule has 1 heterocycles. The van der Waals surface area contributed by atoms with E-state index in [9.17, 15) is 14.0 Å². The van der Waals surface area contributed by atoms with E-state index in [4.69, 9.17) is 0 Å². The Labute approximate surface area is 125 Å². The predicted octanol–water partition coefficient (Wildman–Crippen LogP) is 2.49. The van der Waals surface area contributed by atoms with Crippen molar-refractivity contribution in [1.29, 1.82) is 0 Å². The number of halogens is 1. The standard InChI is InChI=1S/C17H13FN2O2/c1-19-16(21)12-2-7-15-11(10-12)8-9-20(17(15)22)14-5-3-13(18)4-6-14/h2-10H,1H3,(H,19,21). The fraction of sp³-hybridized carbons (Fsp3) is 0.0588. The van der Waals surface area contributed by atoms with Crippen LogP contribution >= 0.6 is 0 Å². The van der Waals surface area contributed by atoms with E-state index >= 15 is 0 Å². The van der Waals surface area contributed by atoms with Crippen molar-refractivity contribution in [3.8, 4) is 5.69 Å². The Kier molecular flexibility index (Phi) is 3.47. The molecule has 0 fully saturated rings. The number of fused-ring (bicyclic) bond motifs is 1. The van der Waals surface area contributed by atoms with Crippen molar-refractivity contribution < 1.29 is 9.18 Å². The molecule has 3 rings (SSSR count). The molecule has 110 valence electrons. The second kappa shape index (κ2) is 5.44. The van der Waals surface area contributed by atoms with Gasteiger partial charge in [-0.1, -0.05) is 0 Å². The molecular weight excluding hydrogens is 283 g/mol. The fourth-order valence-corrected chi connectivity index (χ4v) is 2.34. The largest absolute Gasteiger partial charge is 0.355 e. The summed E-state index contributed by atoms with van der Waals surface area (Å²) in [4.78, 5) is 24.2.